The number of hydrogen-bond acceptors (Lipinski definition) is 4. The SMILES string of the molecule is COOC(=O)C=Cc1ccc(OC)cc1. The van der Waals surface area contributed by atoms with Crippen LogP contribution in [-0.2, 0) is 14.6 Å². The number of methoxy groups -OCH3 is 1. The summed E-state index contributed by atoms with van der Waals surface area (Å²) in [6.45, 7) is 0. The molecule has 0 amide bonds. The largest absolute Gasteiger partial charge is 0.497 e. The van der Waals surface area contributed by atoms with Crippen LogP contribution in [0.2, 0.25) is 0 Å². The van der Waals surface area contributed by atoms with Gasteiger partial charge < -0.3 is 4.74 Å². The summed E-state index contributed by atoms with van der Waals surface area (Å²) in [4.78, 5) is 19.3. The molecule has 0 unspecified atom stereocenters. The Bertz CT molecular complexity index is 340. The molecule has 0 fully saturated rings. The number of carbonyl (C=O) groups is 1. The molecule has 0 bridgehead atoms. The maximum absolute atomic E-state index is 10.9. The first kappa shape index (κ1) is 11.3. The zero-order chi connectivity index (χ0) is 11.1. The molecule has 0 heterocycles. The highest BCUT2D eigenvalue weighted by molar-refractivity contribution is 5.86. The van der Waals surface area contributed by atoms with Gasteiger partial charge in [-0.1, -0.05) is 12.1 Å². The van der Waals surface area contributed by atoms with E-state index in [0.29, 0.717) is 0 Å². The van der Waals surface area contributed by atoms with Crippen LogP contribution in [0.5, 0.6) is 5.75 Å². The van der Waals surface area contributed by atoms with Crippen molar-refractivity contribution in [3.05, 3.63) is 35.9 Å². The Hall–Kier alpha value is -1.81. The van der Waals surface area contributed by atoms with Gasteiger partial charge >= 0.3 is 5.97 Å². The minimum Gasteiger partial charge on any atom is -0.497 e. The maximum atomic E-state index is 10.9. The second-order valence-corrected chi connectivity index (χ2v) is 2.68. The fourth-order valence-electron chi connectivity index (χ4n) is 0.989. The van der Waals surface area contributed by atoms with E-state index in [9.17, 15) is 4.79 Å². The first-order valence-electron chi connectivity index (χ1n) is 4.33. The van der Waals surface area contributed by atoms with Crippen LogP contribution in [0.4, 0.5) is 0 Å². The predicted molar refractivity (Wildman–Crippen MR) is 55.1 cm³/mol. The molecule has 1 aromatic rings. The van der Waals surface area contributed by atoms with Crippen molar-refractivity contribution in [2.45, 2.75) is 0 Å². The van der Waals surface area contributed by atoms with Gasteiger partial charge in [0.1, 0.15) is 5.75 Å². The van der Waals surface area contributed by atoms with Crippen LogP contribution in [0.1, 0.15) is 5.56 Å². The fraction of sp³-hybridized carbons (Fsp3) is 0.182. The molecule has 0 spiro atoms. The Morgan fingerprint density at radius 1 is 1.20 bits per heavy atom. The third kappa shape index (κ3) is 3.83. The predicted octanol–water partition coefficient (Wildman–Crippen LogP) is 1.81. The van der Waals surface area contributed by atoms with E-state index in [4.69, 9.17) is 4.74 Å². The molecule has 0 radical (unpaired) electrons. The highest BCUT2D eigenvalue weighted by Crippen LogP contribution is 2.12. The van der Waals surface area contributed by atoms with Crippen LogP contribution >= 0.6 is 0 Å². The number of benzene rings is 1. The van der Waals surface area contributed by atoms with E-state index in [0.717, 1.165) is 11.3 Å². The van der Waals surface area contributed by atoms with Crippen molar-refractivity contribution >= 4 is 12.0 Å². The molecule has 0 saturated heterocycles. The van der Waals surface area contributed by atoms with E-state index in [-0.39, 0.29) is 0 Å². The smallest absolute Gasteiger partial charge is 0.365 e. The second kappa shape index (κ2) is 5.82. The van der Waals surface area contributed by atoms with Crippen LogP contribution in [0, 0.1) is 0 Å². The lowest BCUT2D eigenvalue weighted by Gasteiger charge is -1.98. The van der Waals surface area contributed by atoms with E-state index in [2.05, 4.69) is 9.78 Å². The van der Waals surface area contributed by atoms with Crippen molar-refractivity contribution in [1.82, 2.24) is 0 Å². The van der Waals surface area contributed by atoms with E-state index in [1.54, 1.807) is 25.3 Å². The third-order valence-electron chi connectivity index (χ3n) is 1.69. The van der Waals surface area contributed by atoms with Crippen molar-refractivity contribution in [1.29, 1.82) is 0 Å². The Balaban J connectivity index is 2.60. The van der Waals surface area contributed by atoms with Crippen LogP contribution in [-0.4, -0.2) is 20.2 Å². The summed E-state index contributed by atoms with van der Waals surface area (Å²) in [6, 6.07) is 7.27. The molecule has 0 aliphatic rings. The van der Waals surface area contributed by atoms with Crippen LogP contribution < -0.4 is 4.74 Å². The third-order valence-corrected chi connectivity index (χ3v) is 1.69. The molecule has 0 atom stereocenters. The normalized spacial score (nSPS) is 10.3. The lowest BCUT2D eigenvalue weighted by Crippen LogP contribution is -1.97. The van der Waals surface area contributed by atoms with Crippen molar-refractivity contribution in [2.75, 3.05) is 14.2 Å². The van der Waals surface area contributed by atoms with Gasteiger partial charge in [-0.2, -0.15) is 4.89 Å². The molecular formula is C11H12O4. The topological polar surface area (TPSA) is 44.8 Å². The number of hydrogen-bond donors (Lipinski definition) is 0. The Morgan fingerprint density at radius 3 is 2.40 bits per heavy atom. The maximum Gasteiger partial charge on any atom is 0.365 e. The highest BCUT2D eigenvalue weighted by atomic mass is 17.2. The zero-order valence-electron chi connectivity index (χ0n) is 8.60. The van der Waals surface area contributed by atoms with Crippen molar-refractivity contribution in [3.8, 4) is 5.75 Å². The summed E-state index contributed by atoms with van der Waals surface area (Å²) in [6.07, 6.45) is 2.91. The summed E-state index contributed by atoms with van der Waals surface area (Å²) >= 11 is 0. The molecule has 80 valence electrons. The van der Waals surface area contributed by atoms with Gasteiger partial charge in [-0.15, -0.1) is 0 Å². The van der Waals surface area contributed by atoms with Crippen molar-refractivity contribution < 1.29 is 19.3 Å². The molecule has 0 aliphatic carbocycles. The lowest BCUT2D eigenvalue weighted by atomic mass is 10.2. The molecule has 0 aliphatic heterocycles. The lowest BCUT2D eigenvalue weighted by molar-refractivity contribution is -0.249. The average Bonchev–Trinajstić information content (AvgIpc) is 2.27. The Morgan fingerprint density at radius 2 is 1.87 bits per heavy atom. The van der Waals surface area contributed by atoms with E-state index >= 15 is 0 Å². The van der Waals surface area contributed by atoms with E-state index in [1.165, 1.54) is 13.2 Å². The average molecular weight is 208 g/mol. The second-order valence-electron chi connectivity index (χ2n) is 2.68. The molecule has 4 heteroatoms. The van der Waals surface area contributed by atoms with Gasteiger partial charge in [0.05, 0.1) is 14.2 Å². The quantitative estimate of drug-likeness (QED) is 0.430. The molecule has 0 saturated carbocycles. The molecule has 0 aromatic heterocycles. The first-order valence-corrected chi connectivity index (χ1v) is 4.33. The number of rotatable bonds is 4. The van der Waals surface area contributed by atoms with E-state index in [1.807, 2.05) is 12.1 Å². The highest BCUT2D eigenvalue weighted by Gasteiger charge is 1.95. The number of carbonyl (C=O) groups excluding carboxylic acids is 1. The van der Waals surface area contributed by atoms with Gasteiger partial charge in [0.2, 0.25) is 0 Å². The first-order chi connectivity index (χ1) is 7.26. The number of ether oxygens (including phenoxy) is 1. The summed E-state index contributed by atoms with van der Waals surface area (Å²) in [5.41, 5.74) is 0.879. The standard InChI is InChI=1S/C11H12O4/c1-13-10-6-3-9(4-7-10)5-8-11(12)15-14-2/h3-8H,1-2H3. The minimum atomic E-state index is -0.548. The minimum absolute atomic E-state index is 0.548. The Labute approximate surface area is 88.0 Å². The summed E-state index contributed by atoms with van der Waals surface area (Å²) in [7, 11) is 2.87. The van der Waals surface area contributed by atoms with Gasteiger partial charge in [0, 0.05) is 6.08 Å². The molecule has 1 aromatic carbocycles. The van der Waals surface area contributed by atoms with Gasteiger partial charge in [-0.3, -0.25) is 4.89 Å². The Kier molecular flexibility index (Phi) is 4.37. The summed E-state index contributed by atoms with van der Waals surface area (Å²) in [5, 5.41) is 0. The molecule has 1 rings (SSSR count). The zero-order valence-corrected chi connectivity index (χ0v) is 8.60. The fourth-order valence-corrected chi connectivity index (χ4v) is 0.989. The monoisotopic (exact) mass is 208 g/mol. The van der Waals surface area contributed by atoms with Gasteiger partial charge in [-0.05, 0) is 23.8 Å². The van der Waals surface area contributed by atoms with Gasteiger partial charge in [0.15, 0.2) is 0 Å². The molecular weight excluding hydrogens is 196 g/mol. The van der Waals surface area contributed by atoms with Crippen LogP contribution in [0.15, 0.2) is 30.3 Å². The molecule has 0 N–H and O–H groups in total. The van der Waals surface area contributed by atoms with E-state index < -0.39 is 5.97 Å². The molecule has 15 heavy (non-hydrogen) atoms. The van der Waals surface area contributed by atoms with Crippen LogP contribution in [0.25, 0.3) is 6.08 Å². The summed E-state index contributed by atoms with van der Waals surface area (Å²) in [5.74, 6) is 0.222. The van der Waals surface area contributed by atoms with Gasteiger partial charge in [-0.25, -0.2) is 4.79 Å². The molecule has 4 nitrogen and oxygen atoms in total. The van der Waals surface area contributed by atoms with Crippen LogP contribution in [0.3, 0.4) is 0 Å². The van der Waals surface area contributed by atoms with Crippen molar-refractivity contribution in [2.24, 2.45) is 0 Å². The van der Waals surface area contributed by atoms with Crippen molar-refractivity contribution in [3.63, 3.8) is 0 Å². The summed E-state index contributed by atoms with van der Waals surface area (Å²) < 4.78 is 5.00. The van der Waals surface area contributed by atoms with Gasteiger partial charge in [0.25, 0.3) is 0 Å².